The van der Waals surface area contributed by atoms with Crippen LogP contribution in [0.3, 0.4) is 0 Å². The fraction of sp³-hybridized carbons (Fsp3) is 0.244. The maximum Gasteiger partial charge on any atom is 0.432 e. The van der Waals surface area contributed by atoms with Crippen LogP contribution >= 0.6 is 27.5 Å². The van der Waals surface area contributed by atoms with Gasteiger partial charge in [-0.2, -0.15) is 32.5 Å². The first-order valence-electron chi connectivity index (χ1n) is 16.9. The molecule has 0 aliphatic heterocycles. The molecule has 56 heavy (non-hydrogen) atoms. The second kappa shape index (κ2) is 20.0. The molecule has 0 fully saturated rings. The van der Waals surface area contributed by atoms with Gasteiger partial charge in [0, 0.05) is 17.2 Å². The summed E-state index contributed by atoms with van der Waals surface area (Å²) in [7, 11) is 0. The minimum atomic E-state index is -4.63. The molecule has 5 rings (SSSR count). The van der Waals surface area contributed by atoms with Gasteiger partial charge < -0.3 is 23.5 Å². The molecule has 1 unspecified atom stereocenters. The molecule has 2 atom stereocenters. The average molecular weight is 859 g/mol. The summed E-state index contributed by atoms with van der Waals surface area (Å²) in [5.74, 6) is -0.302. The molecular weight excluding hydrogens is 825 g/mol. The number of nitrogens with zero attached hydrogens (tertiary/aromatic N) is 3. The highest BCUT2D eigenvalue weighted by molar-refractivity contribution is 9.10. The lowest BCUT2D eigenvalue weighted by atomic mass is 9.88. The van der Waals surface area contributed by atoms with Crippen molar-refractivity contribution in [1.82, 2.24) is 4.57 Å². The highest BCUT2D eigenvalue weighted by Crippen LogP contribution is 2.43. The number of ether oxygens (including phenoxy) is 4. The predicted molar refractivity (Wildman–Crippen MR) is 202 cm³/mol. The van der Waals surface area contributed by atoms with Gasteiger partial charge in [-0.05, 0) is 88.4 Å². The van der Waals surface area contributed by atoms with Gasteiger partial charge in [-0.25, -0.2) is 0 Å². The summed E-state index contributed by atoms with van der Waals surface area (Å²) in [5.41, 5.74) is 0.586. The van der Waals surface area contributed by atoms with Crippen molar-refractivity contribution in [2.24, 2.45) is 5.92 Å². The quantitative estimate of drug-likeness (QED) is 0.0857. The monoisotopic (exact) mass is 857 g/mol. The van der Waals surface area contributed by atoms with Crippen LogP contribution in [0.4, 0.5) is 22.0 Å². The maximum absolute atomic E-state index is 13.4. The van der Waals surface area contributed by atoms with Crippen molar-refractivity contribution in [2.75, 3.05) is 6.61 Å². The molecule has 0 saturated heterocycles. The molecule has 15 heteroatoms. The Morgan fingerprint density at radius 1 is 0.875 bits per heavy atom. The summed E-state index contributed by atoms with van der Waals surface area (Å²) in [6.45, 7) is 2.35. The minimum absolute atomic E-state index is 0.00486. The zero-order valence-corrected chi connectivity index (χ0v) is 32.4. The van der Waals surface area contributed by atoms with Gasteiger partial charge in [0.2, 0.25) is 6.10 Å². The number of halogens is 7. The molecular formula is C41H34BrClF5N3O5. The topological polar surface area (TPSA) is 106 Å². The van der Waals surface area contributed by atoms with E-state index in [2.05, 4.69) is 20.7 Å². The van der Waals surface area contributed by atoms with E-state index in [4.69, 9.17) is 25.8 Å². The van der Waals surface area contributed by atoms with E-state index in [0.29, 0.717) is 33.2 Å². The SMILES string of the molecule is CC(C)[C@H](C(=O)OC(C#N)c1cccc(Oc2ccccc2)c1)c1ccc(OC(F)F)cc1.CCOCn1c(-c2ccc(Cl)cc2)c(C#N)c(Br)c1C(F)(F)F. The van der Waals surface area contributed by atoms with E-state index in [1.807, 2.05) is 44.2 Å². The van der Waals surface area contributed by atoms with Crippen molar-refractivity contribution in [3.05, 3.63) is 135 Å². The number of esters is 1. The summed E-state index contributed by atoms with van der Waals surface area (Å²) < 4.78 is 86.5. The summed E-state index contributed by atoms with van der Waals surface area (Å²) in [6, 6.07) is 31.9. The van der Waals surface area contributed by atoms with E-state index in [0.717, 1.165) is 4.57 Å². The minimum Gasteiger partial charge on any atom is -0.457 e. The van der Waals surface area contributed by atoms with Crippen LogP contribution in [-0.4, -0.2) is 23.8 Å². The highest BCUT2D eigenvalue weighted by Gasteiger charge is 2.41. The first kappa shape index (κ1) is 43.3. The Morgan fingerprint density at radius 3 is 2.07 bits per heavy atom. The van der Waals surface area contributed by atoms with Gasteiger partial charge in [-0.15, -0.1) is 0 Å². The van der Waals surface area contributed by atoms with Crippen molar-refractivity contribution in [3.63, 3.8) is 0 Å². The number of nitriles is 2. The Labute approximate surface area is 333 Å². The summed E-state index contributed by atoms with van der Waals surface area (Å²) in [6.07, 6.45) is -5.77. The van der Waals surface area contributed by atoms with Crippen LogP contribution in [0.5, 0.6) is 17.2 Å². The number of hydrogen-bond acceptors (Lipinski definition) is 7. The molecule has 1 aromatic heterocycles. The van der Waals surface area contributed by atoms with Gasteiger partial charge in [0.15, 0.2) is 0 Å². The number of carbonyl (C=O) groups is 1. The van der Waals surface area contributed by atoms with Crippen molar-refractivity contribution in [3.8, 4) is 40.6 Å². The zero-order chi connectivity index (χ0) is 41.0. The Bertz CT molecular complexity index is 2150. The van der Waals surface area contributed by atoms with Crippen LogP contribution in [-0.2, 0) is 27.2 Å². The molecule has 4 aromatic carbocycles. The third kappa shape index (κ3) is 11.3. The molecule has 0 saturated carbocycles. The van der Waals surface area contributed by atoms with Crippen molar-refractivity contribution < 1.29 is 45.7 Å². The normalized spacial score (nSPS) is 12.2. The van der Waals surface area contributed by atoms with Crippen molar-refractivity contribution >= 4 is 33.5 Å². The van der Waals surface area contributed by atoms with Gasteiger partial charge in [-0.3, -0.25) is 4.79 Å². The first-order chi connectivity index (χ1) is 26.7. The Balaban J connectivity index is 0.000000265. The van der Waals surface area contributed by atoms with Gasteiger partial charge in [0.25, 0.3) is 0 Å². The standard InChI is InChI=1S/C26H23F2NO4.C15H11BrClF3N2O/c1-17(2)24(18-11-13-21(14-12-18)32-26(27)28)25(30)33-23(16-29)19-7-6-10-22(15-19)31-20-8-4-3-5-9-20;1-2-23-8-22-13(9-3-5-10(17)6-4-9)11(7-21)12(16)14(22)15(18,19)20/h3-15,17,23-24,26H,1-2H3;3-6H,2,8H2,1H3/t23?,24-;/m0./s1. The van der Waals surface area contributed by atoms with Crippen LogP contribution in [0.1, 0.15) is 55.2 Å². The molecule has 0 radical (unpaired) electrons. The first-order valence-corrected chi connectivity index (χ1v) is 18.1. The molecule has 0 aliphatic carbocycles. The lowest BCUT2D eigenvalue weighted by Gasteiger charge is -2.22. The summed E-state index contributed by atoms with van der Waals surface area (Å²) in [5, 5.41) is 19.4. The Kier molecular flexibility index (Phi) is 15.4. The van der Waals surface area contributed by atoms with Crippen LogP contribution in [0.2, 0.25) is 5.02 Å². The fourth-order valence-electron chi connectivity index (χ4n) is 5.56. The average Bonchev–Trinajstić information content (AvgIpc) is 3.45. The number of para-hydroxylation sites is 1. The lowest BCUT2D eigenvalue weighted by molar-refractivity contribution is -0.150. The van der Waals surface area contributed by atoms with E-state index in [1.54, 1.807) is 79.7 Å². The van der Waals surface area contributed by atoms with Crippen LogP contribution in [0, 0.1) is 28.6 Å². The largest absolute Gasteiger partial charge is 0.457 e. The van der Waals surface area contributed by atoms with Crippen LogP contribution < -0.4 is 9.47 Å². The van der Waals surface area contributed by atoms with E-state index >= 15 is 0 Å². The Morgan fingerprint density at radius 2 is 1.52 bits per heavy atom. The molecule has 0 aliphatic rings. The van der Waals surface area contributed by atoms with Crippen LogP contribution in [0.25, 0.3) is 11.3 Å². The molecule has 0 spiro atoms. The predicted octanol–water partition coefficient (Wildman–Crippen LogP) is 12.1. The number of benzene rings is 4. The van der Waals surface area contributed by atoms with Crippen molar-refractivity contribution in [2.45, 2.75) is 52.3 Å². The van der Waals surface area contributed by atoms with Gasteiger partial charge in [0.1, 0.15) is 41.8 Å². The molecule has 292 valence electrons. The van der Waals surface area contributed by atoms with E-state index in [-0.39, 0.29) is 40.7 Å². The van der Waals surface area contributed by atoms with E-state index < -0.39 is 36.5 Å². The number of aromatic nitrogens is 1. The maximum atomic E-state index is 13.4. The zero-order valence-electron chi connectivity index (χ0n) is 30.1. The molecule has 0 N–H and O–H groups in total. The molecule has 5 aromatic rings. The molecule has 1 heterocycles. The molecule has 8 nitrogen and oxygen atoms in total. The lowest BCUT2D eigenvalue weighted by Crippen LogP contribution is -2.22. The highest BCUT2D eigenvalue weighted by atomic mass is 79.9. The van der Waals surface area contributed by atoms with Gasteiger partial charge in [-0.1, -0.05) is 80.0 Å². The van der Waals surface area contributed by atoms with Gasteiger partial charge >= 0.3 is 18.8 Å². The molecule has 0 amide bonds. The number of carbonyl (C=O) groups excluding carboxylic acids is 1. The molecule has 0 bridgehead atoms. The number of rotatable bonds is 13. The fourth-order valence-corrected chi connectivity index (χ4v) is 6.40. The van der Waals surface area contributed by atoms with E-state index in [9.17, 15) is 37.3 Å². The summed E-state index contributed by atoms with van der Waals surface area (Å²) in [4.78, 5) is 13.0. The van der Waals surface area contributed by atoms with Crippen LogP contribution in [0.15, 0.2) is 108 Å². The van der Waals surface area contributed by atoms with Crippen molar-refractivity contribution in [1.29, 1.82) is 10.5 Å². The second-order valence-electron chi connectivity index (χ2n) is 12.2. The van der Waals surface area contributed by atoms with E-state index in [1.165, 1.54) is 12.1 Å². The smallest absolute Gasteiger partial charge is 0.432 e. The van der Waals surface area contributed by atoms with Gasteiger partial charge in [0.05, 0.1) is 21.6 Å². The number of alkyl halides is 5. The third-order valence-corrected chi connectivity index (χ3v) is 9.03. The second-order valence-corrected chi connectivity index (χ2v) is 13.4. The third-order valence-electron chi connectivity index (χ3n) is 8.00. The summed E-state index contributed by atoms with van der Waals surface area (Å²) >= 11 is 8.73. The Hall–Kier alpha value is -5.41. The number of hydrogen-bond donors (Lipinski definition) is 0.